The fraction of sp³-hybridized carbons (Fsp3) is 0.0909. The van der Waals surface area contributed by atoms with Gasteiger partial charge in [-0.25, -0.2) is 0 Å². The van der Waals surface area contributed by atoms with Crippen LogP contribution < -0.4 is 0 Å². The van der Waals surface area contributed by atoms with E-state index < -0.39 is 0 Å². The molecule has 0 atom stereocenters. The van der Waals surface area contributed by atoms with Crippen LogP contribution in [0, 0.1) is 6.92 Å². The van der Waals surface area contributed by atoms with Crippen LogP contribution in [0.1, 0.15) is 5.82 Å². The van der Waals surface area contributed by atoms with Crippen LogP contribution in [0.2, 0.25) is 0 Å². The molecule has 3 aromatic rings. The molecule has 0 saturated heterocycles. The lowest BCUT2D eigenvalue weighted by atomic mass is 10.1. The molecule has 5 heteroatoms. The van der Waals surface area contributed by atoms with Gasteiger partial charge in [-0.1, -0.05) is 0 Å². The predicted octanol–water partition coefficient (Wildman–Crippen LogP) is 2.46. The zero-order valence-electron chi connectivity index (χ0n) is 8.58. The summed E-state index contributed by atoms with van der Waals surface area (Å²) in [5.74, 6) is 1.15. The zero-order chi connectivity index (χ0) is 11.0. The molecule has 2 heterocycles. The van der Waals surface area contributed by atoms with Crippen molar-refractivity contribution in [2.75, 3.05) is 0 Å². The normalized spacial score (nSPS) is 10.8. The third-order valence-electron chi connectivity index (χ3n) is 2.29. The highest BCUT2D eigenvalue weighted by Crippen LogP contribution is 2.25. The Morgan fingerprint density at radius 3 is 2.62 bits per heavy atom. The molecule has 16 heavy (non-hydrogen) atoms. The first kappa shape index (κ1) is 9.35. The standard InChI is InChI=1S/C11H8N4S/c1-7-12-14-11(15-13-7)9-2-3-10-8(6-9)4-5-16-10/h2-6H,1H3. The first-order chi connectivity index (χ1) is 7.83. The minimum Gasteiger partial charge on any atom is -0.144 e. The number of benzene rings is 1. The summed E-state index contributed by atoms with van der Waals surface area (Å²) in [4.78, 5) is 0. The van der Waals surface area contributed by atoms with Crippen molar-refractivity contribution in [3.8, 4) is 11.4 Å². The number of rotatable bonds is 1. The Morgan fingerprint density at radius 2 is 1.81 bits per heavy atom. The van der Waals surface area contributed by atoms with E-state index >= 15 is 0 Å². The summed E-state index contributed by atoms with van der Waals surface area (Å²) in [7, 11) is 0. The van der Waals surface area contributed by atoms with Gasteiger partial charge in [-0.2, -0.15) is 0 Å². The number of fused-ring (bicyclic) bond motifs is 1. The Bertz CT molecular complexity index is 630. The molecule has 4 nitrogen and oxygen atoms in total. The highest BCUT2D eigenvalue weighted by molar-refractivity contribution is 7.17. The van der Waals surface area contributed by atoms with Gasteiger partial charge in [-0.05, 0) is 42.0 Å². The van der Waals surface area contributed by atoms with Gasteiger partial charge >= 0.3 is 0 Å². The molecule has 0 spiro atoms. The second-order valence-electron chi connectivity index (χ2n) is 3.44. The number of thiophene rings is 1. The van der Waals surface area contributed by atoms with Crippen molar-refractivity contribution < 1.29 is 0 Å². The number of hydrogen-bond acceptors (Lipinski definition) is 5. The van der Waals surface area contributed by atoms with Crippen LogP contribution in [0.3, 0.4) is 0 Å². The largest absolute Gasteiger partial charge is 0.203 e. The Morgan fingerprint density at radius 1 is 1.00 bits per heavy atom. The molecule has 0 fully saturated rings. The van der Waals surface area contributed by atoms with Crippen molar-refractivity contribution in [1.29, 1.82) is 0 Å². The van der Waals surface area contributed by atoms with E-state index in [1.807, 2.05) is 6.07 Å². The molecule has 3 rings (SSSR count). The van der Waals surface area contributed by atoms with Gasteiger partial charge in [0, 0.05) is 10.3 Å². The number of aryl methyl sites for hydroxylation is 1. The highest BCUT2D eigenvalue weighted by Gasteiger charge is 2.04. The Kier molecular flexibility index (Phi) is 2.11. The van der Waals surface area contributed by atoms with Crippen LogP contribution in [0.4, 0.5) is 0 Å². The minimum absolute atomic E-state index is 0.568. The van der Waals surface area contributed by atoms with Crippen LogP contribution in [-0.2, 0) is 0 Å². The molecular weight excluding hydrogens is 220 g/mol. The molecule has 78 valence electrons. The first-order valence-electron chi connectivity index (χ1n) is 4.84. The molecule has 2 aromatic heterocycles. The third kappa shape index (κ3) is 1.55. The molecule has 0 N–H and O–H groups in total. The monoisotopic (exact) mass is 228 g/mol. The summed E-state index contributed by atoms with van der Waals surface area (Å²) >= 11 is 1.72. The van der Waals surface area contributed by atoms with Gasteiger partial charge in [0.15, 0.2) is 5.82 Å². The topological polar surface area (TPSA) is 51.6 Å². The Balaban J connectivity index is 2.14. The predicted molar refractivity (Wildman–Crippen MR) is 63.2 cm³/mol. The van der Waals surface area contributed by atoms with E-state index in [0.29, 0.717) is 11.6 Å². The quantitative estimate of drug-likeness (QED) is 0.642. The Labute approximate surface area is 96.0 Å². The summed E-state index contributed by atoms with van der Waals surface area (Å²) in [6.45, 7) is 1.77. The minimum atomic E-state index is 0.568. The maximum Gasteiger partial charge on any atom is 0.203 e. The van der Waals surface area contributed by atoms with Gasteiger partial charge in [0.1, 0.15) is 0 Å². The molecular formula is C11H8N4S. The van der Waals surface area contributed by atoms with E-state index in [2.05, 4.69) is 44.0 Å². The van der Waals surface area contributed by atoms with Crippen molar-refractivity contribution in [3.05, 3.63) is 35.5 Å². The zero-order valence-corrected chi connectivity index (χ0v) is 9.40. The van der Waals surface area contributed by atoms with Crippen molar-refractivity contribution in [1.82, 2.24) is 20.4 Å². The number of nitrogens with zero attached hydrogens (tertiary/aromatic N) is 4. The summed E-state index contributed by atoms with van der Waals surface area (Å²) in [5.41, 5.74) is 0.950. The van der Waals surface area contributed by atoms with Crippen LogP contribution in [0.25, 0.3) is 21.5 Å². The van der Waals surface area contributed by atoms with Crippen LogP contribution in [0.5, 0.6) is 0 Å². The highest BCUT2D eigenvalue weighted by atomic mass is 32.1. The second kappa shape index (κ2) is 3.61. The van der Waals surface area contributed by atoms with Crippen LogP contribution >= 0.6 is 11.3 Å². The van der Waals surface area contributed by atoms with Gasteiger partial charge in [-0.3, -0.25) is 0 Å². The van der Waals surface area contributed by atoms with E-state index in [1.165, 1.54) is 10.1 Å². The summed E-state index contributed by atoms with van der Waals surface area (Å²) in [6, 6.07) is 8.20. The van der Waals surface area contributed by atoms with Crippen molar-refractivity contribution in [2.45, 2.75) is 6.92 Å². The molecule has 0 aliphatic carbocycles. The summed E-state index contributed by atoms with van der Waals surface area (Å²) < 4.78 is 1.26. The number of hydrogen-bond donors (Lipinski definition) is 0. The molecule has 0 bridgehead atoms. The fourth-order valence-corrected chi connectivity index (χ4v) is 2.27. The summed E-state index contributed by atoms with van der Waals surface area (Å²) in [5, 5.41) is 19.1. The van der Waals surface area contributed by atoms with Gasteiger partial charge in [0.25, 0.3) is 0 Å². The molecule has 0 unspecified atom stereocenters. The van der Waals surface area contributed by atoms with E-state index in [9.17, 15) is 0 Å². The lowest BCUT2D eigenvalue weighted by Gasteiger charge is -1.98. The SMILES string of the molecule is Cc1nnc(-c2ccc3sccc3c2)nn1. The Hall–Kier alpha value is -1.88. The van der Waals surface area contributed by atoms with Crippen molar-refractivity contribution >= 4 is 21.4 Å². The average Bonchev–Trinajstić information content (AvgIpc) is 2.77. The maximum atomic E-state index is 4.02. The molecule has 1 aromatic carbocycles. The van der Waals surface area contributed by atoms with Gasteiger partial charge < -0.3 is 0 Å². The molecule has 0 saturated carbocycles. The molecule has 0 aliphatic rings. The smallest absolute Gasteiger partial charge is 0.144 e. The van der Waals surface area contributed by atoms with Crippen LogP contribution in [0.15, 0.2) is 29.6 Å². The van der Waals surface area contributed by atoms with Gasteiger partial charge in [0.2, 0.25) is 5.82 Å². The number of aromatic nitrogens is 4. The maximum absolute atomic E-state index is 4.02. The van der Waals surface area contributed by atoms with E-state index in [1.54, 1.807) is 18.3 Å². The third-order valence-corrected chi connectivity index (χ3v) is 3.19. The lowest BCUT2D eigenvalue weighted by molar-refractivity contribution is 0.816. The summed E-state index contributed by atoms with van der Waals surface area (Å²) in [6.07, 6.45) is 0. The van der Waals surface area contributed by atoms with E-state index in [4.69, 9.17) is 0 Å². The van der Waals surface area contributed by atoms with E-state index in [-0.39, 0.29) is 0 Å². The van der Waals surface area contributed by atoms with Crippen LogP contribution in [-0.4, -0.2) is 20.4 Å². The first-order valence-corrected chi connectivity index (χ1v) is 5.72. The molecule has 0 radical (unpaired) electrons. The fourth-order valence-electron chi connectivity index (χ4n) is 1.50. The van der Waals surface area contributed by atoms with Crippen molar-refractivity contribution in [3.63, 3.8) is 0 Å². The van der Waals surface area contributed by atoms with Gasteiger partial charge in [0.05, 0.1) is 0 Å². The molecule has 0 aliphatic heterocycles. The lowest BCUT2D eigenvalue weighted by Crippen LogP contribution is -1.98. The molecule has 0 amide bonds. The van der Waals surface area contributed by atoms with E-state index in [0.717, 1.165) is 5.56 Å². The average molecular weight is 228 g/mol. The second-order valence-corrected chi connectivity index (χ2v) is 4.39. The van der Waals surface area contributed by atoms with Gasteiger partial charge in [-0.15, -0.1) is 31.7 Å². The van der Waals surface area contributed by atoms with Crippen molar-refractivity contribution in [2.24, 2.45) is 0 Å².